The number of fused-ring (bicyclic) bond motifs is 2. The van der Waals surface area contributed by atoms with E-state index in [-0.39, 0.29) is 0 Å². The highest BCUT2D eigenvalue weighted by Crippen LogP contribution is 2.23. The molecule has 2 aromatic heterocycles. The van der Waals surface area contributed by atoms with Crippen molar-refractivity contribution in [1.82, 2.24) is 19.1 Å². The molecular formula is C23H19N5. The first-order chi connectivity index (χ1) is 13.8. The van der Waals surface area contributed by atoms with E-state index in [0.29, 0.717) is 5.95 Å². The second-order valence-electron chi connectivity index (χ2n) is 6.75. The molecule has 0 saturated carbocycles. The number of nitrogens with zero attached hydrogens (tertiary/aromatic N) is 5. The molecule has 28 heavy (non-hydrogen) atoms. The first-order valence-corrected chi connectivity index (χ1v) is 9.24. The lowest BCUT2D eigenvalue weighted by molar-refractivity contribution is 0.826. The van der Waals surface area contributed by atoms with Crippen molar-refractivity contribution in [3.05, 3.63) is 90.3 Å². The molecule has 0 aliphatic rings. The Morgan fingerprint density at radius 1 is 0.786 bits per heavy atom. The number of para-hydroxylation sites is 4. The molecule has 0 bridgehead atoms. The summed E-state index contributed by atoms with van der Waals surface area (Å²) in [6.07, 6.45) is 1.79. The average molecular weight is 365 g/mol. The van der Waals surface area contributed by atoms with E-state index in [1.54, 1.807) is 6.21 Å². The molecular weight excluding hydrogens is 346 g/mol. The molecule has 5 rings (SSSR count). The molecule has 5 aromatic rings. The van der Waals surface area contributed by atoms with Crippen molar-refractivity contribution in [2.45, 2.75) is 6.54 Å². The zero-order valence-electron chi connectivity index (χ0n) is 15.5. The minimum Gasteiger partial charge on any atom is -0.326 e. The maximum Gasteiger partial charge on any atom is 0.230 e. The summed E-state index contributed by atoms with van der Waals surface area (Å²) >= 11 is 0. The third-order valence-electron chi connectivity index (χ3n) is 4.94. The Kier molecular flexibility index (Phi) is 3.98. The number of imidazole rings is 2. The summed E-state index contributed by atoms with van der Waals surface area (Å²) in [7, 11) is 2.00. The smallest absolute Gasteiger partial charge is 0.230 e. The fourth-order valence-electron chi connectivity index (χ4n) is 3.48. The van der Waals surface area contributed by atoms with Gasteiger partial charge in [-0.25, -0.2) is 15.0 Å². The fraction of sp³-hybridized carbons (Fsp3) is 0.0870. The van der Waals surface area contributed by atoms with Crippen LogP contribution in [0, 0.1) is 0 Å². The minimum atomic E-state index is 0.678. The van der Waals surface area contributed by atoms with Gasteiger partial charge in [-0.1, -0.05) is 54.6 Å². The molecule has 0 aliphatic carbocycles. The standard InChI is InChI=1S/C23H19N5/c1-27-20-13-7-5-11-18(20)25-22(27)15-24-23-26-19-12-6-8-14-21(19)28(23)16-17-9-3-2-4-10-17/h2-15H,16H2,1H3. The third-order valence-corrected chi connectivity index (χ3v) is 4.94. The Balaban J connectivity index is 1.59. The predicted octanol–water partition coefficient (Wildman–Crippen LogP) is 4.72. The van der Waals surface area contributed by atoms with Crippen molar-refractivity contribution in [2.24, 2.45) is 12.0 Å². The van der Waals surface area contributed by atoms with Crippen molar-refractivity contribution in [3.63, 3.8) is 0 Å². The van der Waals surface area contributed by atoms with Crippen LogP contribution in [0.5, 0.6) is 0 Å². The van der Waals surface area contributed by atoms with Crippen molar-refractivity contribution in [1.29, 1.82) is 0 Å². The average Bonchev–Trinajstić information content (AvgIpc) is 3.25. The van der Waals surface area contributed by atoms with E-state index in [1.807, 2.05) is 54.1 Å². The van der Waals surface area contributed by atoms with Gasteiger partial charge in [0.2, 0.25) is 5.95 Å². The lowest BCUT2D eigenvalue weighted by atomic mass is 10.2. The van der Waals surface area contributed by atoms with Crippen molar-refractivity contribution >= 4 is 34.2 Å². The quantitative estimate of drug-likeness (QED) is 0.433. The molecule has 0 saturated heterocycles. The molecule has 5 heteroatoms. The van der Waals surface area contributed by atoms with E-state index in [4.69, 9.17) is 9.98 Å². The lowest BCUT2D eigenvalue weighted by Crippen LogP contribution is -2.00. The van der Waals surface area contributed by atoms with Gasteiger partial charge in [-0.2, -0.15) is 0 Å². The van der Waals surface area contributed by atoms with Crippen molar-refractivity contribution in [3.8, 4) is 0 Å². The second-order valence-corrected chi connectivity index (χ2v) is 6.75. The number of aliphatic imine (C=N–C) groups is 1. The van der Waals surface area contributed by atoms with Crippen LogP contribution in [0.4, 0.5) is 5.95 Å². The van der Waals surface area contributed by atoms with Crippen LogP contribution >= 0.6 is 0 Å². The van der Waals surface area contributed by atoms with Crippen LogP contribution in [0.25, 0.3) is 22.1 Å². The largest absolute Gasteiger partial charge is 0.326 e. The molecule has 0 unspecified atom stereocenters. The number of rotatable bonds is 4. The molecule has 136 valence electrons. The van der Waals surface area contributed by atoms with E-state index >= 15 is 0 Å². The summed E-state index contributed by atoms with van der Waals surface area (Å²) in [5, 5.41) is 0. The highest BCUT2D eigenvalue weighted by Gasteiger charge is 2.11. The summed E-state index contributed by atoms with van der Waals surface area (Å²) in [6, 6.07) is 26.6. The number of aromatic nitrogens is 4. The summed E-state index contributed by atoms with van der Waals surface area (Å²) < 4.78 is 4.19. The fourth-order valence-corrected chi connectivity index (χ4v) is 3.48. The SMILES string of the molecule is Cn1c(C=Nc2nc3ccccc3n2Cc2ccccc2)nc2ccccc21. The summed E-state index contributed by atoms with van der Waals surface area (Å²) in [6.45, 7) is 0.719. The van der Waals surface area contributed by atoms with Crippen LogP contribution in [-0.4, -0.2) is 25.3 Å². The molecule has 0 aliphatic heterocycles. The van der Waals surface area contributed by atoms with Crippen molar-refractivity contribution in [2.75, 3.05) is 0 Å². The van der Waals surface area contributed by atoms with Crippen LogP contribution in [0.3, 0.4) is 0 Å². The van der Waals surface area contributed by atoms with Gasteiger partial charge in [0.25, 0.3) is 0 Å². The van der Waals surface area contributed by atoms with Gasteiger partial charge in [-0.15, -0.1) is 0 Å². The van der Waals surface area contributed by atoms with Gasteiger partial charge >= 0.3 is 0 Å². The molecule has 0 radical (unpaired) electrons. The van der Waals surface area contributed by atoms with E-state index < -0.39 is 0 Å². The second kappa shape index (κ2) is 6.78. The first kappa shape index (κ1) is 16.4. The number of aryl methyl sites for hydroxylation is 1. The molecule has 5 nitrogen and oxygen atoms in total. The Labute approximate surface area is 162 Å². The third kappa shape index (κ3) is 2.87. The summed E-state index contributed by atoms with van der Waals surface area (Å²) in [5.41, 5.74) is 5.27. The predicted molar refractivity (Wildman–Crippen MR) is 113 cm³/mol. The normalized spacial score (nSPS) is 11.8. The van der Waals surface area contributed by atoms with E-state index in [2.05, 4.69) is 45.9 Å². The molecule has 0 N–H and O–H groups in total. The zero-order valence-corrected chi connectivity index (χ0v) is 15.5. The highest BCUT2D eigenvalue weighted by atomic mass is 15.2. The van der Waals surface area contributed by atoms with E-state index in [1.165, 1.54) is 5.56 Å². The molecule has 2 heterocycles. The molecule has 0 atom stereocenters. The zero-order chi connectivity index (χ0) is 18.9. The van der Waals surface area contributed by atoms with Gasteiger partial charge < -0.3 is 9.13 Å². The van der Waals surface area contributed by atoms with Crippen LogP contribution in [-0.2, 0) is 13.6 Å². The van der Waals surface area contributed by atoms with Crippen molar-refractivity contribution < 1.29 is 0 Å². The molecule has 3 aromatic carbocycles. The van der Waals surface area contributed by atoms with E-state index in [9.17, 15) is 0 Å². The van der Waals surface area contributed by atoms with Gasteiger partial charge in [0.05, 0.1) is 34.8 Å². The van der Waals surface area contributed by atoms with Crippen LogP contribution in [0.1, 0.15) is 11.4 Å². The number of hydrogen-bond acceptors (Lipinski definition) is 3. The maximum absolute atomic E-state index is 4.74. The van der Waals surface area contributed by atoms with E-state index in [0.717, 1.165) is 34.4 Å². The lowest BCUT2D eigenvalue weighted by Gasteiger charge is -2.06. The van der Waals surface area contributed by atoms with Gasteiger partial charge in [0.1, 0.15) is 0 Å². The molecule has 0 spiro atoms. The summed E-state index contributed by atoms with van der Waals surface area (Å²) in [4.78, 5) is 14.1. The van der Waals surface area contributed by atoms with Crippen LogP contribution in [0.2, 0.25) is 0 Å². The molecule has 0 amide bonds. The van der Waals surface area contributed by atoms with Crippen LogP contribution in [0.15, 0.2) is 83.9 Å². The first-order valence-electron chi connectivity index (χ1n) is 9.24. The Hall–Kier alpha value is -3.73. The Morgan fingerprint density at radius 3 is 2.18 bits per heavy atom. The molecule has 0 fully saturated rings. The minimum absolute atomic E-state index is 0.678. The Bertz CT molecular complexity index is 1290. The highest BCUT2D eigenvalue weighted by molar-refractivity contribution is 5.86. The number of hydrogen-bond donors (Lipinski definition) is 0. The van der Waals surface area contributed by atoms with Gasteiger partial charge in [-0.3, -0.25) is 0 Å². The Morgan fingerprint density at radius 2 is 1.43 bits per heavy atom. The topological polar surface area (TPSA) is 48.0 Å². The monoisotopic (exact) mass is 365 g/mol. The number of benzene rings is 3. The van der Waals surface area contributed by atoms with Gasteiger partial charge in [0.15, 0.2) is 5.82 Å². The van der Waals surface area contributed by atoms with Gasteiger partial charge in [-0.05, 0) is 29.8 Å². The van der Waals surface area contributed by atoms with Crippen LogP contribution < -0.4 is 0 Å². The van der Waals surface area contributed by atoms with Gasteiger partial charge in [0, 0.05) is 7.05 Å². The maximum atomic E-state index is 4.74. The summed E-state index contributed by atoms with van der Waals surface area (Å²) in [5.74, 6) is 1.48.